The summed E-state index contributed by atoms with van der Waals surface area (Å²) in [5.41, 5.74) is 0. The van der Waals surface area contributed by atoms with Gasteiger partial charge in [0.25, 0.3) is 0 Å². The first kappa shape index (κ1) is 14.0. The second kappa shape index (κ2) is 6.59. The lowest BCUT2D eigenvalue weighted by molar-refractivity contribution is -0.128. The van der Waals surface area contributed by atoms with Gasteiger partial charge in [-0.15, -0.1) is 6.58 Å². The molecular formula is C12H18O4S. The van der Waals surface area contributed by atoms with E-state index >= 15 is 0 Å². The highest BCUT2D eigenvalue weighted by atomic mass is 32.2. The fraction of sp³-hybridized carbons (Fsp3) is 0.583. The molecule has 0 spiro atoms. The molecule has 0 bridgehead atoms. The van der Waals surface area contributed by atoms with Gasteiger partial charge >= 0.3 is 16.1 Å². The van der Waals surface area contributed by atoms with Crippen molar-refractivity contribution < 1.29 is 17.4 Å². The van der Waals surface area contributed by atoms with Crippen molar-refractivity contribution in [3.63, 3.8) is 0 Å². The van der Waals surface area contributed by atoms with Crippen LogP contribution in [0.25, 0.3) is 0 Å². The molecule has 0 aliphatic heterocycles. The number of hydrogen-bond donors (Lipinski definition) is 0. The molecular weight excluding hydrogens is 240 g/mol. The van der Waals surface area contributed by atoms with Gasteiger partial charge in [0.1, 0.15) is 5.75 Å². The molecule has 0 unspecified atom stereocenters. The Hall–Kier alpha value is -1.10. The Morgan fingerprint density at radius 2 is 1.94 bits per heavy atom. The third kappa shape index (κ3) is 5.68. The number of carbonyl (C=O) groups is 1. The Morgan fingerprint density at radius 3 is 2.53 bits per heavy atom. The van der Waals surface area contributed by atoms with Crippen LogP contribution < -0.4 is 0 Å². The zero-order chi connectivity index (χ0) is 12.7. The van der Waals surface area contributed by atoms with E-state index in [1.165, 1.54) is 31.4 Å². The van der Waals surface area contributed by atoms with Crippen molar-refractivity contribution in [3.05, 3.63) is 24.8 Å². The molecule has 0 atom stereocenters. The van der Waals surface area contributed by atoms with Gasteiger partial charge in [-0.3, -0.25) is 0 Å². The molecule has 96 valence electrons. The zero-order valence-corrected chi connectivity index (χ0v) is 10.6. The summed E-state index contributed by atoms with van der Waals surface area (Å²) < 4.78 is 26.6. The fourth-order valence-electron chi connectivity index (χ4n) is 1.87. The van der Waals surface area contributed by atoms with Crippen LogP contribution in [0.5, 0.6) is 0 Å². The summed E-state index contributed by atoms with van der Waals surface area (Å²) in [5.74, 6) is -0.799. The SMILES string of the molecule is C=CCS(=O)(=O)OC(=O)C=CC1CCCCC1. The zero-order valence-electron chi connectivity index (χ0n) is 9.80. The largest absolute Gasteiger partial charge is 0.346 e. The van der Waals surface area contributed by atoms with E-state index in [1.54, 1.807) is 6.08 Å². The highest BCUT2D eigenvalue weighted by Gasteiger charge is 2.14. The quantitative estimate of drug-likeness (QED) is 0.431. The first-order valence-corrected chi connectivity index (χ1v) is 7.36. The van der Waals surface area contributed by atoms with E-state index in [0.29, 0.717) is 5.92 Å². The van der Waals surface area contributed by atoms with Crippen LogP contribution in [0.2, 0.25) is 0 Å². The summed E-state index contributed by atoms with van der Waals surface area (Å²) in [6.07, 6.45) is 9.85. The van der Waals surface area contributed by atoms with E-state index in [4.69, 9.17) is 0 Å². The summed E-state index contributed by atoms with van der Waals surface area (Å²) in [6.45, 7) is 3.28. The molecule has 1 aliphatic carbocycles. The molecule has 5 heteroatoms. The van der Waals surface area contributed by atoms with Crippen molar-refractivity contribution in [2.45, 2.75) is 32.1 Å². The van der Waals surface area contributed by atoms with Gasteiger partial charge in [0.05, 0.1) is 0 Å². The van der Waals surface area contributed by atoms with E-state index in [-0.39, 0.29) is 5.75 Å². The average Bonchev–Trinajstić information content (AvgIpc) is 2.27. The number of allylic oxidation sites excluding steroid dienone is 1. The lowest BCUT2D eigenvalue weighted by Crippen LogP contribution is -2.13. The van der Waals surface area contributed by atoms with Crippen molar-refractivity contribution in [1.29, 1.82) is 0 Å². The number of carbonyl (C=O) groups excluding carboxylic acids is 1. The maximum atomic E-state index is 11.3. The Bertz CT molecular complexity index is 389. The maximum absolute atomic E-state index is 11.3. The van der Waals surface area contributed by atoms with Crippen LogP contribution in [-0.2, 0) is 19.1 Å². The van der Waals surface area contributed by atoms with Crippen molar-refractivity contribution in [2.24, 2.45) is 5.92 Å². The van der Waals surface area contributed by atoms with E-state index in [1.807, 2.05) is 0 Å². The van der Waals surface area contributed by atoms with Gasteiger partial charge in [-0.25, -0.2) is 4.79 Å². The first-order valence-electron chi connectivity index (χ1n) is 5.79. The van der Waals surface area contributed by atoms with Crippen LogP contribution in [0.1, 0.15) is 32.1 Å². The molecule has 17 heavy (non-hydrogen) atoms. The second-order valence-corrected chi connectivity index (χ2v) is 5.79. The third-order valence-electron chi connectivity index (χ3n) is 2.69. The predicted molar refractivity (Wildman–Crippen MR) is 65.8 cm³/mol. The normalized spacial score (nSPS) is 18.1. The van der Waals surface area contributed by atoms with Crippen LogP contribution >= 0.6 is 0 Å². The van der Waals surface area contributed by atoms with Gasteiger partial charge in [0, 0.05) is 6.08 Å². The lowest BCUT2D eigenvalue weighted by Gasteiger charge is -2.17. The summed E-state index contributed by atoms with van der Waals surface area (Å²) in [4.78, 5) is 11.3. The van der Waals surface area contributed by atoms with Crippen LogP contribution in [-0.4, -0.2) is 20.1 Å². The van der Waals surface area contributed by atoms with Gasteiger partial charge in [0.2, 0.25) is 0 Å². The predicted octanol–water partition coefficient (Wildman–Crippen LogP) is 2.18. The number of rotatable bonds is 5. The number of hydrogen-bond acceptors (Lipinski definition) is 4. The van der Waals surface area contributed by atoms with Crippen molar-refractivity contribution in [3.8, 4) is 0 Å². The van der Waals surface area contributed by atoms with Crippen molar-refractivity contribution in [2.75, 3.05) is 5.75 Å². The lowest BCUT2D eigenvalue weighted by atomic mass is 9.89. The summed E-state index contributed by atoms with van der Waals surface area (Å²) in [6, 6.07) is 0. The Morgan fingerprint density at radius 1 is 1.29 bits per heavy atom. The molecule has 0 aromatic carbocycles. The Balaban J connectivity index is 2.43. The fourth-order valence-corrected chi connectivity index (χ4v) is 2.54. The van der Waals surface area contributed by atoms with Crippen LogP contribution in [0, 0.1) is 5.92 Å². The van der Waals surface area contributed by atoms with E-state index in [9.17, 15) is 13.2 Å². The highest BCUT2D eigenvalue weighted by Crippen LogP contribution is 2.24. The molecule has 1 saturated carbocycles. The van der Waals surface area contributed by atoms with Gasteiger partial charge < -0.3 is 4.18 Å². The molecule has 0 N–H and O–H groups in total. The molecule has 1 fully saturated rings. The van der Waals surface area contributed by atoms with Gasteiger partial charge in [-0.05, 0) is 18.8 Å². The van der Waals surface area contributed by atoms with E-state index in [0.717, 1.165) is 12.8 Å². The Kier molecular flexibility index (Phi) is 5.41. The molecule has 1 rings (SSSR count). The molecule has 1 aliphatic rings. The van der Waals surface area contributed by atoms with Gasteiger partial charge in [-0.2, -0.15) is 8.42 Å². The molecule has 4 nitrogen and oxygen atoms in total. The maximum Gasteiger partial charge on any atom is 0.346 e. The molecule has 0 aromatic rings. The molecule has 0 heterocycles. The van der Waals surface area contributed by atoms with Crippen LogP contribution in [0.4, 0.5) is 0 Å². The summed E-state index contributed by atoms with van der Waals surface area (Å²) in [5, 5.41) is 0. The van der Waals surface area contributed by atoms with Crippen molar-refractivity contribution >= 4 is 16.1 Å². The third-order valence-corrected chi connectivity index (χ3v) is 3.75. The minimum absolute atomic E-state index is 0.351. The minimum Gasteiger partial charge on any atom is -0.342 e. The molecule has 0 amide bonds. The summed E-state index contributed by atoms with van der Waals surface area (Å²) >= 11 is 0. The second-order valence-electron chi connectivity index (χ2n) is 4.17. The minimum atomic E-state index is -3.80. The molecule has 0 saturated heterocycles. The standard InChI is InChI=1S/C12H18O4S/c1-2-10-17(14,15)16-12(13)9-8-11-6-4-3-5-7-11/h2,8-9,11H,1,3-7,10H2. The first-order chi connectivity index (χ1) is 8.03. The van der Waals surface area contributed by atoms with Crippen LogP contribution in [0.3, 0.4) is 0 Å². The Labute approximate surface area is 102 Å². The monoisotopic (exact) mass is 258 g/mol. The van der Waals surface area contributed by atoms with Crippen molar-refractivity contribution in [1.82, 2.24) is 0 Å². The van der Waals surface area contributed by atoms with E-state index in [2.05, 4.69) is 10.8 Å². The molecule has 0 radical (unpaired) electrons. The van der Waals surface area contributed by atoms with Gasteiger partial charge in [-0.1, -0.05) is 31.4 Å². The highest BCUT2D eigenvalue weighted by molar-refractivity contribution is 7.87. The van der Waals surface area contributed by atoms with Crippen LogP contribution in [0.15, 0.2) is 24.8 Å². The summed E-state index contributed by atoms with van der Waals surface area (Å²) in [7, 11) is -3.80. The van der Waals surface area contributed by atoms with E-state index < -0.39 is 16.1 Å². The average molecular weight is 258 g/mol. The topological polar surface area (TPSA) is 60.4 Å². The van der Waals surface area contributed by atoms with Gasteiger partial charge in [0.15, 0.2) is 0 Å². The smallest absolute Gasteiger partial charge is 0.342 e. The molecule has 0 aromatic heterocycles.